The summed E-state index contributed by atoms with van der Waals surface area (Å²) in [6.45, 7) is -0.324. The summed E-state index contributed by atoms with van der Waals surface area (Å²) in [5, 5.41) is 48.2. The Morgan fingerprint density at radius 2 is 1.68 bits per heavy atom. The number of aromatic nitrogens is 6. The monoisotopic (exact) mass is 536 g/mol. The lowest BCUT2D eigenvalue weighted by Gasteiger charge is -2.42. The van der Waals surface area contributed by atoms with Gasteiger partial charge in [0.25, 0.3) is 0 Å². The van der Waals surface area contributed by atoms with Gasteiger partial charge in [0.15, 0.2) is 23.7 Å². The highest BCUT2D eigenvalue weighted by Crippen LogP contribution is 2.38. The molecule has 1 saturated heterocycles. The summed E-state index contributed by atoms with van der Waals surface area (Å²) in [5.41, 5.74) is 1.04. The minimum Gasteiger partial charge on any atom is -0.396 e. The van der Waals surface area contributed by atoms with Gasteiger partial charge in [0.05, 0.1) is 24.2 Å². The maximum atomic E-state index is 13.7. The van der Waals surface area contributed by atoms with Gasteiger partial charge in [-0.15, -0.1) is 10.2 Å². The molecular formula is C23H20ClF3N6O4. The average Bonchev–Trinajstić information content (AvgIpc) is 3.55. The van der Waals surface area contributed by atoms with E-state index in [4.69, 9.17) is 16.3 Å². The number of aliphatic hydroxyl groups is 3. The van der Waals surface area contributed by atoms with Crippen molar-refractivity contribution in [2.24, 2.45) is 0 Å². The average molecular weight is 537 g/mol. The van der Waals surface area contributed by atoms with Crippen LogP contribution in [0.3, 0.4) is 0 Å². The van der Waals surface area contributed by atoms with Crippen molar-refractivity contribution in [3.05, 3.63) is 71.3 Å². The van der Waals surface area contributed by atoms with E-state index in [0.29, 0.717) is 16.3 Å². The Bertz CT molecular complexity index is 1380. The summed E-state index contributed by atoms with van der Waals surface area (Å²) in [4.78, 5) is 0. The number of nitrogens with zero attached hydrogens (tertiary/aromatic N) is 6. The van der Waals surface area contributed by atoms with Gasteiger partial charge in [-0.1, -0.05) is 34.2 Å². The lowest BCUT2D eigenvalue weighted by atomic mass is 9.93. The molecule has 0 saturated carbocycles. The quantitative estimate of drug-likeness (QED) is 0.320. The fraction of sp³-hybridized carbons (Fsp3) is 0.304. The number of hydrogen-bond acceptors (Lipinski definition) is 8. The van der Waals surface area contributed by atoms with Gasteiger partial charge in [-0.05, 0) is 30.7 Å². The fourth-order valence-electron chi connectivity index (χ4n) is 4.33. The van der Waals surface area contributed by atoms with Crippen LogP contribution in [0.2, 0.25) is 5.02 Å². The van der Waals surface area contributed by atoms with Gasteiger partial charge in [-0.2, -0.15) is 0 Å². The first kappa shape index (κ1) is 25.3. The van der Waals surface area contributed by atoms with Gasteiger partial charge in [-0.25, -0.2) is 22.5 Å². The van der Waals surface area contributed by atoms with Crippen molar-refractivity contribution >= 4 is 11.6 Å². The van der Waals surface area contributed by atoms with Crippen LogP contribution in [-0.2, 0) is 4.74 Å². The van der Waals surface area contributed by atoms with E-state index in [1.165, 1.54) is 17.1 Å². The van der Waals surface area contributed by atoms with Gasteiger partial charge >= 0.3 is 0 Å². The molecule has 2 aromatic carbocycles. The lowest BCUT2D eigenvalue weighted by molar-refractivity contribution is -0.228. The molecule has 0 spiro atoms. The van der Waals surface area contributed by atoms with E-state index in [0.717, 1.165) is 16.8 Å². The summed E-state index contributed by atoms with van der Waals surface area (Å²) in [5.74, 6) is -4.43. The standard InChI is InChI=1S/C23H20ClF3N6O4/c24-13-3-1-11(2-4-13)17-9-28-30-33(17)23-22(36)20(21(35)18(37-23)5-6-34)32-10-16(29-31-32)12-7-14(25)19(27)15(26)8-12/h1-4,7-10,18,20-23,34-36H,5-6H2/t18-,20+,21+,22-,23-/m1/s1. The summed E-state index contributed by atoms with van der Waals surface area (Å²) in [6, 6.07) is 7.15. The Morgan fingerprint density at radius 3 is 2.35 bits per heavy atom. The van der Waals surface area contributed by atoms with E-state index < -0.39 is 48.0 Å². The molecule has 2 aromatic heterocycles. The first-order chi connectivity index (χ1) is 17.8. The van der Waals surface area contributed by atoms with E-state index in [-0.39, 0.29) is 24.3 Å². The highest BCUT2D eigenvalue weighted by Gasteiger charge is 2.47. The number of halogens is 4. The van der Waals surface area contributed by atoms with Crippen molar-refractivity contribution in [1.29, 1.82) is 0 Å². The lowest BCUT2D eigenvalue weighted by Crippen LogP contribution is -2.53. The first-order valence-electron chi connectivity index (χ1n) is 11.1. The minimum atomic E-state index is -1.62. The molecule has 10 nitrogen and oxygen atoms in total. The summed E-state index contributed by atoms with van der Waals surface area (Å²) in [6.07, 6.45) is -2.23. The van der Waals surface area contributed by atoms with Crippen molar-refractivity contribution < 1.29 is 33.2 Å². The highest BCUT2D eigenvalue weighted by molar-refractivity contribution is 6.30. The third-order valence-electron chi connectivity index (χ3n) is 6.15. The topological polar surface area (TPSA) is 131 Å². The van der Waals surface area contributed by atoms with Crippen molar-refractivity contribution in [3.63, 3.8) is 0 Å². The van der Waals surface area contributed by atoms with Crippen LogP contribution in [0.4, 0.5) is 13.2 Å². The van der Waals surface area contributed by atoms with Gasteiger partial charge in [0.1, 0.15) is 23.9 Å². The van der Waals surface area contributed by atoms with Crippen molar-refractivity contribution in [1.82, 2.24) is 30.0 Å². The zero-order valence-electron chi connectivity index (χ0n) is 18.9. The van der Waals surface area contributed by atoms with Gasteiger partial charge in [0, 0.05) is 22.8 Å². The Kier molecular flexibility index (Phi) is 6.96. The van der Waals surface area contributed by atoms with E-state index >= 15 is 0 Å². The highest BCUT2D eigenvalue weighted by atomic mass is 35.5. The second-order valence-corrected chi connectivity index (χ2v) is 8.89. The van der Waals surface area contributed by atoms with Crippen molar-refractivity contribution in [2.45, 2.75) is 37.0 Å². The summed E-state index contributed by atoms with van der Waals surface area (Å²) >= 11 is 5.98. The number of benzene rings is 2. The summed E-state index contributed by atoms with van der Waals surface area (Å²) < 4.78 is 49.3. The SMILES string of the molecule is OCC[C@H]1O[C@@H](n2nncc2-c2ccc(Cl)cc2)[C@H](O)[C@@H](n2cc(-c3cc(F)c(F)c(F)c3)nn2)[C@H]1O. The molecule has 0 aliphatic carbocycles. The van der Waals surface area contributed by atoms with Crippen molar-refractivity contribution in [3.8, 4) is 22.5 Å². The molecular weight excluding hydrogens is 517 g/mol. The van der Waals surface area contributed by atoms with Crippen LogP contribution in [0.15, 0.2) is 48.8 Å². The van der Waals surface area contributed by atoms with Crippen LogP contribution >= 0.6 is 11.6 Å². The third-order valence-corrected chi connectivity index (χ3v) is 6.40. The number of hydrogen-bond donors (Lipinski definition) is 3. The molecule has 0 unspecified atom stereocenters. The zero-order chi connectivity index (χ0) is 26.3. The Hall–Kier alpha value is -3.36. The smallest absolute Gasteiger partial charge is 0.194 e. The maximum Gasteiger partial charge on any atom is 0.194 e. The van der Waals surface area contributed by atoms with Crippen LogP contribution < -0.4 is 0 Å². The summed E-state index contributed by atoms with van der Waals surface area (Å²) in [7, 11) is 0. The van der Waals surface area contributed by atoms with E-state index in [1.54, 1.807) is 24.3 Å². The Labute approximate surface area is 212 Å². The largest absolute Gasteiger partial charge is 0.396 e. The molecule has 0 amide bonds. The Morgan fingerprint density at radius 1 is 0.973 bits per heavy atom. The molecule has 0 bridgehead atoms. The molecule has 4 aromatic rings. The van der Waals surface area contributed by atoms with Crippen LogP contribution in [0.25, 0.3) is 22.5 Å². The number of rotatable bonds is 6. The van der Waals surface area contributed by atoms with E-state index in [2.05, 4.69) is 20.6 Å². The number of ether oxygens (including phenoxy) is 1. The van der Waals surface area contributed by atoms with E-state index in [9.17, 15) is 28.5 Å². The van der Waals surface area contributed by atoms with Gasteiger partial charge in [0.2, 0.25) is 0 Å². The molecule has 5 rings (SSSR count). The fourth-order valence-corrected chi connectivity index (χ4v) is 4.46. The Balaban J connectivity index is 1.52. The maximum absolute atomic E-state index is 13.7. The van der Waals surface area contributed by atoms with Crippen LogP contribution in [0, 0.1) is 17.5 Å². The van der Waals surface area contributed by atoms with Crippen molar-refractivity contribution in [2.75, 3.05) is 6.61 Å². The first-order valence-corrected chi connectivity index (χ1v) is 11.5. The predicted octanol–water partition coefficient (Wildman–Crippen LogP) is 2.52. The molecule has 14 heteroatoms. The minimum absolute atomic E-state index is 0.0157. The molecule has 1 aliphatic heterocycles. The van der Waals surface area contributed by atoms with E-state index in [1.807, 2.05) is 0 Å². The third kappa shape index (κ3) is 4.71. The number of aliphatic hydroxyl groups excluding tert-OH is 3. The molecule has 0 radical (unpaired) electrons. The molecule has 3 N–H and O–H groups in total. The van der Waals surface area contributed by atoms with Crippen LogP contribution in [-0.4, -0.2) is 70.2 Å². The molecule has 1 aliphatic rings. The predicted molar refractivity (Wildman–Crippen MR) is 122 cm³/mol. The molecule has 194 valence electrons. The zero-order valence-corrected chi connectivity index (χ0v) is 19.6. The molecule has 5 atom stereocenters. The molecule has 1 fully saturated rings. The molecule has 3 heterocycles. The normalized spacial score (nSPS) is 23.9. The molecule has 37 heavy (non-hydrogen) atoms. The second-order valence-electron chi connectivity index (χ2n) is 8.46. The van der Waals surface area contributed by atoms with Gasteiger partial charge < -0.3 is 20.1 Å². The van der Waals surface area contributed by atoms with Crippen LogP contribution in [0.5, 0.6) is 0 Å². The second kappa shape index (κ2) is 10.2. The van der Waals surface area contributed by atoms with Crippen LogP contribution in [0.1, 0.15) is 18.7 Å². The van der Waals surface area contributed by atoms with Gasteiger partial charge in [-0.3, -0.25) is 0 Å².